The van der Waals surface area contributed by atoms with Gasteiger partial charge in [0.2, 0.25) is 5.91 Å². The zero-order chi connectivity index (χ0) is 17.0. The quantitative estimate of drug-likeness (QED) is 0.874. The highest BCUT2D eigenvalue weighted by Crippen LogP contribution is 2.21. The summed E-state index contributed by atoms with van der Waals surface area (Å²) in [6.07, 6.45) is 0. The second-order valence-corrected chi connectivity index (χ2v) is 5.63. The van der Waals surface area contributed by atoms with Crippen molar-refractivity contribution in [2.24, 2.45) is 0 Å². The Morgan fingerprint density at radius 2 is 1.83 bits per heavy atom. The molecule has 0 spiro atoms. The molecule has 7 heteroatoms. The Morgan fingerprint density at radius 3 is 2.48 bits per heavy atom. The fourth-order valence-corrected chi connectivity index (χ4v) is 2.31. The molecule has 0 heterocycles. The Kier molecular flexibility index (Phi) is 5.58. The first kappa shape index (κ1) is 17.2. The Bertz CT molecular complexity index is 753. The molecule has 1 unspecified atom stereocenters. The summed E-state index contributed by atoms with van der Waals surface area (Å²) in [5.41, 5.74) is 0.240. The van der Waals surface area contributed by atoms with E-state index in [0.29, 0.717) is 5.02 Å². The average Bonchev–Trinajstić information content (AvgIpc) is 2.49. The maximum atomic E-state index is 13.5. The molecule has 23 heavy (non-hydrogen) atoms. The van der Waals surface area contributed by atoms with Gasteiger partial charge in [-0.05, 0) is 37.3 Å². The Labute approximate surface area is 142 Å². The third-order valence-corrected chi connectivity index (χ3v) is 3.60. The summed E-state index contributed by atoms with van der Waals surface area (Å²) in [7, 11) is 0. The Balaban J connectivity index is 2.03. The van der Waals surface area contributed by atoms with Crippen LogP contribution in [0, 0.1) is 5.82 Å². The van der Waals surface area contributed by atoms with E-state index in [9.17, 15) is 14.0 Å². The van der Waals surface area contributed by atoms with Gasteiger partial charge >= 0.3 is 0 Å². The number of rotatable bonds is 4. The van der Waals surface area contributed by atoms with Gasteiger partial charge in [-0.2, -0.15) is 0 Å². The maximum Gasteiger partial charge on any atom is 0.253 e. The van der Waals surface area contributed by atoms with E-state index in [1.807, 2.05) is 0 Å². The summed E-state index contributed by atoms with van der Waals surface area (Å²) in [4.78, 5) is 24.1. The molecule has 2 aromatic carbocycles. The van der Waals surface area contributed by atoms with Crippen molar-refractivity contribution in [3.05, 3.63) is 63.9 Å². The molecule has 0 aromatic heterocycles. The van der Waals surface area contributed by atoms with Crippen LogP contribution in [0.4, 0.5) is 10.1 Å². The van der Waals surface area contributed by atoms with Crippen LogP contribution in [0.2, 0.25) is 10.0 Å². The smallest absolute Gasteiger partial charge is 0.253 e. The van der Waals surface area contributed by atoms with Crippen molar-refractivity contribution < 1.29 is 14.0 Å². The molecule has 0 fully saturated rings. The number of anilines is 1. The van der Waals surface area contributed by atoms with Crippen molar-refractivity contribution in [2.45, 2.75) is 13.0 Å². The molecule has 0 saturated carbocycles. The second-order valence-electron chi connectivity index (χ2n) is 4.79. The average molecular weight is 355 g/mol. The van der Waals surface area contributed by atoms with Crippen molar-refractivity contribution in [3.63, 3.8) is 0 Å². The summed E-state index contributed by atoms with van der Waals surface area (Å²) in [5, 5.41) is 5.48. The summed E-state index contributed by atoms with van der Waals surface area (Å²) < 4.78 is 13.5. The maximum absolute atomic E-state index is 13.5. The third kappa shape index (κ3) is 4.43. The van der Waals surface area contributed by atoms with Crippen molar-refractivity contribution in [1.82, 2.24) is 5.32 Å². The van der Waals surface area contributed by atoms with Crippen LogP contribution >= 0.6 is 23.2 Å². The number of para-hydroxylation sites is 1. The van der Waals surface area contributed by atoms with E-state index >= 15 is 0 Å². The molecule has 0 aliphatic carbocycles. The molecular formula is C16H13Cl2FN2O2. The van der Waals surface area contributed by atoms with Gasteiger partial charge in [-0.1, -0.05) is 35.3 Å². The van der Waals surface area contributed by atoms with E-state index in [4.69, 9.17) is 23.2 Å². The van der Waals surface area contributed by atoms with Gasteiger partial charge in [0.25, 0.3) is 5.91 Å². The lowest BCUT2D eigenvalue weighted by Crippen LogP contribution is -2.41. The number of carbonyl (C=O) groups excluding carboxylic acids is 2. The van der Waals surface area contributed by atoms with Crippen LogP contribution < -0.4 is 10.6 Å². The molecule has 0 bridgehead atoms. The van der Waals surface area contributed by atoms with E-state index in [1.54, 1.807) is 6.07 Å². The zero-order valence-corrected chi connectivity index (χ0v) is 13.6. The molecule has 2 N–H and O–H groups in total. The monoisotopic (exact) mass is 354 g/mol. The lowest BCUT2D eigenvalue weighted by Gasteiger charge is -2.15. The molecule has 0 aliphatic rings. The molecule has 0 aliphatic heterocycles. The van der Waals surface area contributed by atoms with E-state index in [0.717, 1.165) is 0 Å². The van der Waals surface area contributed by atoms with Gasteiger partial charge in [0.15, 0.2) is 0 Å². The standard InChI is InChI=1S/C16H13Cl2FN2O2/c1-9(15(22)21-14-5-3-2-4-13(14)19)20-16(23)11-7-6-10(17)8-12(11)18/h2-9H,1H3,(H,20,23)(H,21,22). The second kappa shape index (κ2) is 7.44. The van der Waals surface area contributed by atoms with E-state index in [2.05, 4.69) is 10.6 Å². The number of amides is 2. The highest BCUT2D eigenvalue weighted by Gasteiger charge is 2.19. The first-order chi connectivity index (χ1) is 10.9. The first-order valence-corrected chi connectivity index (χ1v) is 7.45. The predicted octanol–water partition coefficient (Wildman–Crippen LogP) is 3.89. The van der Waals surface area contributed by atoms with Crippen molar-refractivity contribution in [3.8, 4) is 0 Å². The van der Waals surface area contributed by atoms with Crippen molar-refractivity contribution in [2.75, 3.05) is 5.32 Å². The molecule has 0 saturated heterocycles. The highest BCUT2D eigenvalue weighted by atomic mass is 35.5. The van der Waals surface area contributed by atoms with Gasteiger partial charge in [0, 0.05) is 5.02 Å². The molecule has 0 radical (unpaired) electrons. The summed E-state index contributed by atoms with van der Waals surface area (Å²) in [5.74, 6) is -1.63. The molecular weight excluding hydrogens is 342 g/mol. The minimum absolute atomic E-state index is 0.0446. The van der Waals surface area contributed by atoms with E-state index in [1.165, 1.54) is 43.3 Å². The van der Waals surface area contributed by atoms with Gasteiger partial charge in [0.1, 0.15) is 11.9 Å². The third-order valence-electron chi connectivity index (χ3n) is 3.05. The molecule has 2 amide bonds. The topological polar surface area (TPSA) is 58.2 Å². The minimum Gasteiger partial charge on any atom is -0.340 e. The number of carbonyl (C=O) groups is 2. The van der Waals surface area contributed by atoms with E-state index in [-0.39, 0.29) is 16.3 Å². The normalized spacial score (nSPS) is 11.7. The fourth-order valence-electron chi connectivity index (χ4n) is 1.82. The number of nitrogens with one attached hydrogen (secondary N) is 2. The predicted molar refractivity (Wildman–Crippen MR) is 88.4 cm³/mol. The first-order valence-electron chi connectivity index (χ1n) is 6.70. The minimum atomic E-state index is -0.881. The molecule has 2 rings (SSSR count). The molecule has 2 aromatic rings. The van der Waals surface area contributed by atoms with Crippen LogP contribution in [-0.4, -0.2) is 17.9 Å². The number of hydrogen-bond acceptors (Lipinski definition) is 2. The number of hydrogen-bond donors (Lipinski definition) is 2. The lowest BCUT2D eigenvalue weighted by molar-refractivity contribution is -0.117. The Hall–Kier alpha value is -2.11. The fraction of sp³-hybridized carbons (Fsp3) is 0.125. The van der Waals surface area contributed by atoms with Crippen LogP contribution in [-0.2, 0) is 4.79 Å². The summed E-state index contributed by atoms with van der Waals surface area (Å²) >= 11 is 11.7. The molecule has 120 valence electrons. The summed E-state index contributed by atoms with van der Waals surface area (Å²) in [6, 6.07) is 9.29. The van der Waals surface area contributed by atoms with Crippen molar-refractivity contribution in [1.29, 1.82) is 0 Å². The van der Waals surface area contributed by atoms with Gasteiger partial charge < -0.3 is 10.6 Å². The molecule has 1 atom stereocenters. The molecule has 4 nitrogen and oxygen atoms in total. The van der Waals surface area contributed by atoms with Crippen LogP contribution in [0.3, 0.4) is 0 Å². The van der Waals surface area contributed by atoms with E-state index < -0.39 is 23.7 Å². The lowest BCUT2D eigenvalue weighted by atomic mass is 10.2. The van der Waals surface area contributed by atoms with Gasteiger partial charge in [-0.15, -0.1) is 0 Å². The van der Waals surface area contributed by atoms with Gasteiger partial charge in [-0.3, -0.25) is 9.59 Å². The highest BCUT2D eigenvalue weighted by molar-refractivity contribution is 6.36. The zero-order valence-electron chi connectivity index (χ0n) is 12.1. The van der Waals surface area contributed by atoms with Crippen LogP contribution in [0.15, 0.2) is 42.5 Å². The summed E-state index contributed by atoms with van der Waals surface area (Å²) in [6.45, 7) is 1.48. The van der Waals surface area contributed by atoms with Crippen LogP contribution in [0.5, 0.6) is 0 Å². The van der Waals surface area contributed by atoms with Crippen LogP contribution in [0.25, 0.3) is 0 Å². The van der Waals surface area contributed by atoms with Crippen molar-refractivity contribution >= 4 is 40.7 Å². The van der Waals surface area contributed by atoms with Crippen LogP contribution in [0.1, 0.15) is 17.3 Å². The number of halogens is 3. The number of benzene rings is 2. The Morgan fingerprint density at radius 1 is 1.13 bits per heavy atom. The van der Waals surface area contributed by atoms with Gasteiger partial charge in [-0.25, -0.2) is 4.39 Å². The largest absolute Gasteiger partial charge is 0.340 e. The SMILES string of the molecule is CC(NC(=O)c1ccc(Cl)cc1Cl)C(=O)Nc1ccccc1F. The van der Waals surface area contributed by atoms with Gasteiger partial charge in [0.05, 0.1) is 16.3 Å².